The van der Waals surface area contributed by atoms with E-state index in [2.05, 4.69) is 15.0 Å². The molecule has 0 aromatic carbocycles. The first-order valence-corrected chi connectivity index (χ1v) is 12.4. The highest BCUT2D eigenvalue weighted by Crippen LogP contribution is 2.36. The molecular formula is C22H25N6O5S+. The number of hydrogen-bond donors (Lipinski definition) is 1. The molecule has 178 valence electrons. The summed E-state index contributed by atoms with van der Waals surface area (Å²) in [6.07, 6.45) is 9.40. The van der Waals surface area contributed by atoms with Crippen LogP contribution in [0.1, 0.15) is 36.8 Å². The number of rotatable bonds is 7. The van der Waals surface area contributed by atoms with Crippen molar-refractivity contribution in [2.45, 2.75) is 50.6 Å². The first-order chi connectivity index (χ1) is 16.0. The van der Waals surface area contributed by atoms with Crippen molar-refractivity contribution in [2.24, 2.45) is 7.05 Å². The molecule has 3 aliphatic rings. The van der Waals surface area contributed by atoms with Crippen molar-refractivity contribution < 1.29 is 27.1 Å². The average molecular weight is 486 g/mol. The number of nitrogens with one attached hydrogen (secondary N) is 1. The summed E-state index contributed by atoms with van der Waals surface area (Å²) in [6, 6.07) is 1.11. The third-order valence-electron chi connectivity index (χ3n) is 6.12. The number of aromatic nitrogens is 3. The maximum Gasteiger partial charge on any atom is 0.502 e. The Kier molecular flexibility index (Phi) is 5.17. The summed E-state index contributed by atoms with van der Waals surface area (Å²) < 4.78 is 37.0. The molecule has 0 bridgehead atoms. The SMILES string of the molecule is Cc1cc(CN2C(=O)C3=CC(S(=O)(=O)NC4(C)CC4)C=CC3=[N+](Cc3cnn(C)c3)C2=O)on1. The van der Waals surface area contributed by atoms with Gasteiger partial charge in [0.1, 0.15) is 23.1 Å². The normalized spacial score (nSPS) is 21.7. The molecule has 2 aromatic heterocycles. The van der Waals surface area contributed by atoms with Gasteiger partial charge in [0.15, 0.2) is 12.3 Å². The largest absolute Gasteiger partial charge is 0.502 e. The zero-order valence-corrected chi connectivity index (χ0v) is 19.9. The number of amides is 3. The summed E-state index contributed by atoms with van der Waals surface area (Å²) in [5.41, 5.74) is 1.45. The van der Waals surface area contributed by atoms with E-state index in [4.69, 9.17) is 4.52 Å². The number of carbonyl (C=O) groups excluding carboxylic acids is 2. The van der Waals surface area contributed by atoms with Crippen LogP contribution in [0.4, 0.5) is 4.79 Å². The molecule has 1 fully saturated rings. The van der Waals surface area contributed by atoms with E-state index in [-0.39, 0.29) is 18.7 Å². The summed E-state index contributed by atoms with van der Waals surface area (Å²) in [5, 5.41) is 6.93. The van der Waals surface area contributed by atoms with Gasteiger partial charge in [0.25, 0.3) is 0 Å². The van der Waals surface area contributed by atoms with E-state index in [1.165, 1.54) is 22.8 Å². The zero-order valence-electron chi connectivity index (χ0n) is 19.1. The van der Waals surface area contributed by atoms with Crippen molar-refractivity contribution in [2.75, 3.05) is 0 Å². The molecule has 34 heavy (non-hydrogen) atoms. The summed E-state index contributed by atoms with van der Waals surface area (Å²) in [5.74, 6) is -0.234. The van der Waals surface area contributed by atoms with E-state index in [0.717, 1.165) is 23.3 Å². The van der Waals surface area contributed by atoms with Gasteiger partial charge in [-0.2, -0.15) is 14.5 Å². The summed E-state index contributed by atoms with van der Waals surface area (Å²) in [4.78, 5) is 27.9. The number of carbonyl (C=O) groups is 2. The highest BCUT2D eigenvalue weighted by atomic mass is 32.2. The maximum atomic E-state index is 13.4. The lowest BCUT2D eigenvalue weighted by Gasteiger charge is -2.26. The van der Waals surface area contributed by atoms with Gasteiger partial charge in [-0.3, -0.25) is 4.68 Å². The topological polar surface area (TPSA) is 130 Å². The molecule has 0 saturated heterocycles. The fourth-order valence-corrected chi connectivity index (χ4v) is 5.68. The quantitative estimate of drug-likeness (QED) is 0.583. The average Bonchev–Trinajstić information content (AvgIpc) is 3.14. The fourth-order valence-electron chi connectivity index (χ4n) is 4.05. The monoisotopic (exact) mass is 485 g/mol. The molecule has 1 saturated carbocycles. The van der Waals surface area contributed by atoms with Crippen molar-refractivity contribution >= 4 is 27.7 Å². The molecule has 2 aromatic rings. The Morgan fingerprint density at radius 2 is 2.09 bits per heavy atom. The highest BCUT2D eigenvalue weighted by molar-refractivity contribution is 7.90. The van der Waals surface area contributed by atoms with Crippen molar-refractivity contribution in [3.8, 4) is 0 Å². The van der Waals surface area contributed by atoms with Crippen LogP contribution >= 0.6 is 0 Å². The van der Waals surface area contributed by atoms with Gasteiger partial charge in [0.2, 0.25) is 10.0 Å². The summed E-state index contributed by atoms with van der Waals surface area (Å²) in [7, 11) is -1.99. The molecule has 1 unspecified atom stereocenters. The standard InChI is InChI=1S/C22H25N6O5S/c1-14-8-16(33-24-14)13-28-20(29)18-9-17(34(31,32)25-22(2)6-7-22)4-5-19(18)27(21(28)30)12-15-10-23-26(3)11-15/h4-5,8-11,17,25H,6-7,12-13H2,1-3H3/q+1. The fraction of sp³-hybridized carbons (Fsp3) is 0.409. The second kappa shape index (κ2) is 7.84. The molecule has 0 spiro atoms. The Labute approximate surface area is 196 Å². The lowest BCUT2D eigenvalue weighted by Crippen LogP contribution is -2.51. The number of sulfonamides is 1. The zero-order chi connectivity index (χ0) is 24.3. The third kappa shape index (κ3) is 4.14. The molecule has 11 nitrogen and oxygen atoms in total. The van der Waals surface area contributed by atoms with Crippen molar-refractivity contribution in [1.29, 1.82) is 0 Å². The van der Waals surface area contributed by atoms with E-state index in [9.17, 15) is 18.0 Å². The Bertz CT molecular complexity index is 1390. The number of aryl methyl sites for hydroxylation is 2. The van der Waals surface area contributed by atoms with E-state index in [1.54, 1.807) is 37.1 Å². The van der Waals surface area contributed by atoms with E-state index < -0.39 is 32.8 Å². The minimum absolute atomic E-state index is 0.121. The van der Waals surface area contributed by atoms with Gasteiger partial charge in [-0.15, -0.1) is 4.90 Å². The molecule has 12 heteroatoms. The first kappa shape index (κ1) is 22.4. The second-order valence-electron chi connectivity index (χ2n) is 9.21. The van der Waals surface area contributed by atoms with Gasteiger partial charge < -0.3 is 4.52 Å². The van der Waals surface area contributed by atoms with Gasteiger partial charge in [0.05, 0.1) is 11.9 Å². The van der Waals surface area contributed by atoms with Crippen molar-refractivity contribution in [1.82, 2.24) is 24.6 Å². The van der Waals surface area contributed by atoms with Gasteiger partial charge in [-0.05, 0) is 38.8 Å². The smallest absolute Gasteiger partial charge is 0.357 e. The molecule has 0 radical (unpaired) electrons. The third-order valence-corrected chi connectivity index (χ3v) is 7.90. The second-order valence-corrected chi connectivity index (χ2v) is 11.1. The van der Waals surface area contributed by atoms with Crippen LogP contribution in [0, 0.1) is 6.92 Å². The lowest BCUT2D eigenvalue weighted by atomic mass is 9.99. The van der Waals surface area contributed by atoms with Gasteiger partial charge in [-0.1, -0.05) is 11.2 Å². The van der Waals surface area contributed by atoms with Crippen LogP contribution < -0.4 is 4.72 Å². The van der Waals surface area contributed by atoms with Crippen LogP contribution in [-0.4, -0.2) is 61.3 Å². The van der Waals surface area contributed by atoms with Crippen LogP contribution in [0.2, 0.25) is 0 Å². The maximum absolute atomic E-state index is 13.4. The van der Waals surface area contributed by atoms with E-state index in [0.29, 0.717) is 17.2 Å². The summed E-state index contributed by atoms with van der Waals surface area (Å²) in [6.45, 7) is 3.63. The van der Waals surface area contributed by atoms with Crippen LogP contribution in [0.5, 0.6) is 0 Å². The number of imide groups is 1. The van der Waals surface area contributed by atoms with Gasteiger partial charge >= 0.3 is 11.9 Å². The van der Waals surface area contributed by atoms with E-state index in [1.807, 2.05) is 6.92 Å². The molecule has 5 rings (SSSR count). The van der Waals surface area contributed by atoms with Crippen LogP contribution in [0.3, 0.4) is 0 Å². The van der Waals surface area contributed by atoms with E-state index >= 15 is 0 Å². The number of hydrogen-bond acceptors (Lipinski definition) is 7. The number of allylic oxidation sites excluding steroid dienone is 1. The van der Waals surface area contributed by atoms with Crippen molar-refractivity contribution in [3.05, 3.63) is 59.3 Å². The molecule has 3 amide bonds. The first-order valence-electron chi connectivity index (χ1n) is 10.9. The van der Waals surface area contributed by atoms with Crippen LogP contribution in [-0.2, 0) is 35.0 Å². The Morgan fingerprint density at radius 1 is 1.32 bits per heavy atom. The molecule has 3 heterocycles. The molecule has 2 aliphatic carbocycles. The molecule has 1 N–H and O–H groups in total. The molecule has 1 aliphatic heterocycles. The predicted octanol–water partition coefficient (Wildman–Crippen LogP) is 1.17. The minimum Gasteiger partial charge on any atom is -0.357 e. The molecular weight excluding hydrogens is 460 g/mol. The number of nitrogens with zero attached hydrogens (tertiary/aromatic N) is 5. The highest BCUT2D eigenvalue weighted by Gasteiger charge is 2.48. The summed E-state index contributed by atoms with van der Waals surface area (Å²) >= 11 is 0. The van der Waals surface area contributed by atoms with Gasteiger partial charge in [0, 0.05) is 30.4 Å². The van der Waals surface area contributed by atoms with Gasteiger partial charge in [-0.25, -0.2) is 17.9 Å². The number of urea groups is 1. The number of fused-ring (bicyclic) bond motifs is 1. The Morgan fingerprint density at radius 3 is 2.71 bits per heavy atom. The Balaban J connectivity index is 1.54. The predicted molar refractivity (Wildman–Crippen MR) is 120 cm³/mol. The van der Waals surface area contributed by atoms with Crippen molar-refractivity contribution in [3.63, 3.8) is 0 Å². The lowest BCUT2D eigenvalue weighted by molar-refractivity contribution is -0.453. The van der Waals surface area contributed by atoms with Crippen LogP contribution in [0.15, 0.2) is 46.8 Å². The van der Waals surface area contributed by atoms with Crippen LogP contribution in [0.25, 0.3) is 0 Å². The molecule has 1 atom stereocenters. The minimum atomic E-state index is -3.75. The Hall–Kier alpha value is -3.38.